The van der Waals surface area contributed by atoms with E-state index in [4.69, 9.17) is 11.6 Å². The molecule has 0 aliphatic carbocycles. The molecule has 96 valence electrons. The molecule has 2 heterocycles. The van der Waals surface area contributed by atoms with Gasteiger partial charge in [0.25, 0.3) is 5.91 Å². The predicted octanol–water partition coefficient (Wildman–Crippen LogP) is 1.39. The first-order valence-corrected chi connectivity index (χ1v) is 6.01. The number of rotatable bonds is 5. The Morgan fingerprint density at radius 2 is 2.39 bits per heavy atom. The number of nitrogens with zero attached hydrogens (tertiary/aromatic N) is 3. The first kappa shape index (κ1) is 12.6. The molecular weight excluding hydrogens is 254 g/mol. The molecule has 0 aliphatic heterocycles. The second-order valence-electron chi connectivity index (χ2n) is 3.98. The summed E-state index contributed by atoms with van der Waals surface area (Å²) in [6, 6.07) is 0. The standard InChI is InChI=1S/C11H14ClN5O/c1-8-5-15-17(7-8)4-2-3-13-11(18)10-9(12)6-14-16-10/h5-7H,2-4H2,1H3,(H,13,18)(H,14,16). The highest BCUT2D eigenvalue weighted by atomic mass is 35.5. The molecule has 18 heavy (non-hydrogen) atoms. The third-order valence-corrected chi connectivity index (χ3v) is 2.72. The molecule has 0 saturated carbocycles. The number of H-pyrrole nitrogens is 1. The lowest BCUT2D eigenvalue weighted by molar-refractivity contribution is 0.0947. The highest BCUT2D eigenvalue weighted by Crippen LogP contribution is 2.10. The van der Waals surface area contributed by atoms with Crippen molar-refractivity contribution in [2.24, 2.45) is 0 Å². The van der Waals surface area contributed by atoms with Crippen LogP contribution in [-0.2, 0) is 6.54 Å². The van der Waals surface area contributed by atoms with E-state index in [1.807, 2.05) is 24.0 Å². The maximum atomic E-state index is 11.7. The number of aromatic amines is 1. The van der Waals surface area contributed by atoms with E-state index < -0.39 is 0 Å². The molecule has 2 aromatic heterocycles. The number of nitrogens with one attached hydrogen (secondary N) is 2. The molecule has 7 heteroatoms. The van der Waals surface area contributed by atoms with E-state index >= 15 is 0 Å². The van der Waals surface area contributed by atoms with Crippen molar-refractivity contribution in [1.82, 2.24) is 25.3 Å². The van der Waals surface area contributed by atoms with Gasteiger partial charge in [-0.25, -0.2) is 0 Å². The molecule has 0 atom stereocenters. The molecule has 0 unspecified atom stereocenters. The van der Waals surface area contributed by atoms with Crippen LogP contribution in [0, 0.1) is 6.92 Å². The normalized spacial score (nSPS) is 10.6. The van der Waals surface area contributed by atoms with Crippen molar-refractivity contribution in [2.75, 3.05) is 6.54 Å². The highest BCUT2D eigenvalue weighted by Gasteiger charge is 2.11. The van der Waals surface area contributed by atoms with Gasteiger partial charge in [-0.15, -0.1) is 0 Å². The number of hydrogen-bond donors (Lipinski definition) is 2. The van der Waals surface area contributed by atoms with E-state index in [1.165, 1.54) is 6.20 Å². The van der Waals surface area contributed by atoms with Gasteiger partial charge >= 0.3 is 0 Å². The molecule has 1 amide bonds. The van der Waals surface area contributed by atoms with Crippen LogP contribution in [-0.4, -0.2) is 32.4 Å². The largest absolute Gasteiger partial charge is 0.351 e. The summed E-state index contributed by atoms with van der Waals surface area (Å²) in [7, 11) is 0. The summed E-state index contributed by atoms with van der Waals surface area (Å²) in [6.07, 6.45) is 5.98. The number of halogens is 1. The van der Waals surface area contributed by atoms with Gasteiger partial charge < -0.3 is 5.32 Å². The van der Waals surface area contributed by atoms with Gasteiger partial charge in [-0.05, 0) is 18.9 Å². The Morgan fingerprint density at radius 1 is 1.56 bits per heavy atom. The molecule has 2 N–H and O–H groups in total. The average molecular weight is 268 g/mol. The monoisotopic (exact) mass is 267 g/mol. The van der Waals surface area contributed by atoms with Crippen LogP contribution in [0.5, 0.6) is 0 Å². The SMILES string of the molecule is Cc1cnn(CCCNC(=O)c2[nH]ncc2Cl)c1. The van der Waals surface area contributed by atoms with Gasteiger partial charge in [0.2, 0.25) is 0 Å². The van der Waals surface area contributed by atoms with Crippen molar-refractivity contribution in [2.45, 2.75) is 19.9 Å². The zero-order chi connectivity index (χ0) is 13.0. The molecule has 0 saturated heterocycles. The predicted molar refractivity (Wildman–Crippen MR) is 67.5 cm³/mol. The fraction of sp³-hybridized carbons (Fsp3) is 0.364. The van der Waals surface area contributed by atoms with Crippen LogP contribution in [0.2, 0.25) is 5.02 Å². The number of hydrogen-bond acceptors (Lipinski definition) is 3. The van der Waals surface area contributed by atoms with Crippen LogP contribution in [0.4, 0.5) is 0 Å². The van der Waals surface area contributed by atoms with Crippen molar-refractivity contribution in [3.05, 3.63) is 34.9 Å². The van der Waals surface area contributed by atoms with E-state index in [9.17, 15) is 4.79 Å². The lowest BCUT2D eigenvalue weighted by atomic mass is 10.3. The Hall–Kier alpha value is -1.82. The Balaban J connectivity index is 1.73. The van der Waals surface area contributed by atoms with Crippen LogP contribution >= 0.6 is 11.6 Å². The average Bonchev–Trinajstić information content (AvgIpc) is 2.93. The number of carbonyl (C=O) groups is 1. The van der Waals surface area contributed by atoms with Gasteiger partial charge in [0.15, 0.2) is 0 Å². The topological polar surface area (TPSA) is 75.6 Å². The first-order valence-electron chi connectivity index (χ1n) is 5.63. The molecule has 0 aromatic carbocycles. The van der Waals surface area contributed by atoms with Gasteiger partial charge in [0.05, 0.1) is 17.4 Å². The molecular formula is C11H14ClN5O. The molecule has 0 bridgehead atoms. The zero-order valence-corrected chi connectivity index (χ0v) is 10.7. The van der Waals surface area contributed by atoms with E-state index in [1.54, 1.807) is 0 Å². The van der Waals surface area contributed by atoms with Crippen molar-refractivity contribution in [3.63, 3.8) is 0 Å². The minimum absolute atomic E-state index is 0.242. The van der Waals surface area contributed by atoms with Crippen molar-refractivity contribution in [3.8, 4) is 0 Å². The zero-order valence-electron chi connectivity index (χ0n) is 9.98. The first-order chi connectivity index (χ1) is 8.66. The van der Waals surface area contributed by atoms with E-state index in [-0.39, 0.29) is 5.91 Å². The Labute approximate surface area is 109 Å². The number of carbonyl (C=O) groups excluding carboxylic acids is 1. The van der Waals surface area contributed by atoms with Crippen molar-refractivity contribution in [1.29, 1.82) is 0 Å². The quantitative estimate of drug-likeness (QED) is 0.804. The second-order valence-corrected chi connectivity index (χ2v) is 4.39. The van der Waals surface area contributed by atoms with Gasteiger partial charge in [0.1, 0.15) is 5.69 Å². The molecule has 0 aliphatic rings. The maximum absolute atomic E-state index is 11.7. The molecule has 6 nitrogen and oxygen atoms in total. The molecule has 0 spiro atoms. The molecule has 0 fully saturated rings. The summed E-state index contributed by atoms with van der Waals surface area (Å²) >= 11 is 5.78. The van der Waals surface area contributed by atoms with Gasteiger partial charge in [0, 0.05) is 19.3 Å². The third kappa shape index (κ3) is 3.10. The molecule has 0 radical (unpaired) electrons. The highest BCUT2D eigenvalue weighted by molar-refractivity contribution is 6.33. The Bertz CT molecular complexity index is 533. The number of amides is 1. The summed E-state index contributed by atoms with van der Waals surface area (Å²) in [5, 5.41) is 13.5. The molecule has 2 rings (SSSR count). The van der Waals surface area contributed by atoms with Crippen LogP contribution in [0.25, 0.3) is 0 Å². The summed E-state index contributed by atoms with van der Waals surface area (Å²) in [5.74, 6) is -0.242. The van der Waals surface area contributed by atoms with Gasteiger partial charge in [-0.1, -0.05) is 11.6 Å². The minimum atomic E-state index is -0.242. The lowest BCUT2D eigenvalue weighted by Crippen LogP contribution is -2.25. The van der Waals surface area contributed by atoms with Crippen LogP contribution < -0.4 is 5.32 Å². The van der Waals surface area contributed by atoms with Crippen LogP contribution in [0.3, 0.4) is 0 Å². The number of aromatic nitrogens is 4. The summed E-state index contributed by atoms with van der Waals surface area (Å²) < 4.78 is 1.85. The number of aryl methyl sites for hydroxylation is 2. The van der Waals surface area contributed by atoms with E-state index in [2.05, 4.69) is 20.6 Å². The fourth-order valence-corrected chi connectivity index (χ4v) is 1.73. The minimum Gasteiger partial charge on any atom is -0.351 e. The van der Waals surface area contributed by atoms with Crippen LogP contribution in [0.15, 0.2) is 18.6 Å². The van der Waals surface area contributed by atoms with Gasteiger partial charge in [-0.3, -0.25) is 14.6 Å². The molecule has 2 aromatic rings. The third-order valence-electron chi connectivity index (χ3n) is 2.43. The van der Waals surface area contributed by atoms with E-state index in [0.717, 1.165) is 18.5 Å². The summed E-state index contributed by atoms with van der Waals surface area (Å²) in [5.41, 5.74) is 1.43. The van der Waals surface area contributed by atoms with Crippen LogP contribution in [0.1, 0.15) is 22.5 Å². The van der Waals surface area contributed by atoms with Gasteiger partial charge in [-0.2, -0.15) is 10.2 Å². The summed E-state index contributed by atoms with van der Waals surface area (Å²) in [6.45, 7) is 3.32. The van der Waals surface area contributed by atoms with Crippen molar-refractivity contribution < 1.29 is 4.79 Å². The Morgan fingerprint density at radius 3 is 3.00 bits per heavy atom. The van der Waals surface area contributed by atoms with E-state index in [0.29, 0.717) is 17.3 Å². The fourth-order valence-electron chi connectivity index (χ4n) is 1.55. The Kier molecular flexibility index (Phi) is 3.99. The summed E-state index contributed by atoms with van der Waals surface area (Å²) in [4.78, 5) is 11.7. The smallest absolute Gasteiger partial charge is 0.270 e. The second kappa shape index (κ2) is 5.68. The van der Waals surface area contributed by atoms with Crippen molar-refractivity contribution >= 4 is 17.5 Å². The maximum Gasteiger partial charge on any atom is 0.270 e. The lowest BCUT2D eigenvalue weighted by Gasteiger charge is -2.04.